The van der Waals surface area contributed by atoms with Gasteiger partial charge in [-0.25, -0.2) is 4.79 Å². The molecule has 2 amide bonds. The van der Waals surface area contributed by atoms with Crippen molar-refractivity contribution in [1.29, 1.82) is 0 Å². The van der Waals surface area contributed by atoms with Gasteiger partial charge in [0.05, 0.1) is 6.54 Å². The molecule has 2 rings (SSSR count). The number of nitrogens with one attached hydrogen (secondary N) is 2. The van der Waals surface area contributed by atoms with E-state index in [-0.39, 0.29) is 24.7 Å². The zero-order valence-corrected chi connectivity index (χ0v) is 13.7. The van der Waals surface area contributed by atoms with Crippen molar-refractivity contribution in [3.05, 3.63) is 17.0 Å². The summed E-state index contributed by atoms with van der Waals surface area (Å²) in [4.78, 5) is 11.7. The first-order chi connectivity index (χ1) is 10.6. The maximum absolute atomic E-state index is 13.1. The van der Waals surface area contributed by atoms with Gasteiger partial charge in [-0.15, -0.1) is 0 Å². The minimum absolute atomic E-state index is 0.229. The van der Waals surface area contributed by atoms with E-state index in [9.17, 15) is 18.0 Å². The van der Waals surface area contributed by atoms with Crippen molar-refractivity contribution in [3.8, 4) is 0 Å². The van der Waals surface area contributed by atoms with Crippen LogP contribution in [0.2, 0.25) is 0 Å². The standard InChI is InChI=1S/C15H23F3N4O/c1-14(2,3)20-13(23)19-8-9-22-11-7-5-4-6-10(11)12(21-22)15(16,17)18/h4-9H2,1-3H3,(H2,19,20,23). The predicted octanol–water partition coefficient (Wildman–Crippen LogP) is 2.88. The highest BCUT2D eigenvalue weighted by molar-refractivity contribution is 5.74. The van der Waals surface area contributed by atoms with E-state index < -0.39 is 11.9 Å². The summed E-state index contributed by atoms with van der Waals surface area (Å²) in [5.74, 6) is 0. The van der Waals surface area contributed by atoms with Crippen LogP contribution in [-0.2, 0) is 25.6 Å². The molecule has 1 aliphatic carbocycles. The summed E-state index contributed by atoms with van der Waals surface area (Å²) in [7, 11) is 0. The van der Waals surface area contributed by atoms with Crippen molar-refractivity contribution in [2.45, 2.75) is 64.7 Å². The van der Waals surface area contributed by atoms with Crippen molar-refractivity contribution in [2.24, 2.45) is 0 Å². The molecule has 0 aromatic carbocycles. The van der Waals surface area contributed by atoms with Crippen LogP contribution in [0.3, 0.4) is 0 Å². The molecule has 23 heavy (non-hydrogen) atoms. The number of nitrogens with zero attached hydrogens (tertiary/aromatic N) is 2. The van der Waals surface area contributed by atoms with Crippen LogP contribution in [0.4, 0.5) is 18.0 Å². The molecule has 0 bridgehead atoms. The van der Waals surface area contributed by atoms with Crippen molar-refractivity contribution in [3.63, 3.8) is 0 Å². The first-order valence-electron chi connectivity index (χ1n) is 7.80. The molecule has 0 saturated heterocycles. The topological polar surface area (TPSA) is 59.0 Å². The fourth-order valence-electron chi connectivity index (χ4n) is 2.74. The lowest BCUT2D eigenvalue weighted by Gasteiger charge is -2.21. The summed E-state index contributed by atoms with van der Waals surface area (Å²) < 4.78 is 40.6. The number of carbonyl (C=O) groups is 1. The summed E-state index contributed by atoms with van der Waals surface area (Å²) in [6, 6.07) is -0.338. The van der Waals surface area contributed by atoms with Crippen molar-refractivity contribution < 1.29 is 18.0 Å². The highest BCUT2D eigenvalue weighted by atomic mass is 19.4. The zero-order chi connectivity index (χ0) is 17.3. The van der Waals surface area contributed by atoms with Crippen molar-refractivity contribution in [2.75, 3.05) is 6.54 Å². The van der Waals surface area contributed by atoms with Gasteiger partial charge >= 0.3 is 12.2 Å². The number of aromatic nitrogens is 2. The fourth-order valence-corrected chi connectivity index (χ4v) is 2.74. The van der Waals surface area contributed by atoms with Crippen LogP contribution in [0.25, 0.3) is 0 Å². The Bertz CT molecular complexity index is 573. The van der Waals surface area contributed by atoms with Crippen LogP contribution in [0, 0.1) is 0 Å². The summed E-state index contributed by atoms with van der Waals surface area (Å²) in [6.07, 6.45) is -1.78. The van der Waals surface area contributed by atoms with Gasteiger partial charge in [-0.3, -0.25) is 4.68 Å². The number of urea groups is 1. The molecule has 0 spiro atoms. The van der Waals surface area contributed by atoms with Crippen LogP contribution in [0.5, 0.6) is 0 Å². The van der Waals surface area contributed by atoms with Gasteiger partial charge in [0.25, 0.3) is 0 Å². The van der Waals surface area contributed by atoms with E-state index >= 15 is 0 Å². The number of fused-ring (bicyclic) bond motifs is 1. The Kier molecular flexibility index (Phi) is 4.91. The third-order valence-electron chi connectivity index (χ3n) is 3.62. The number of hydrogen-bond acceptors (Lipinski definition) is 2. The molecule has 0 saturated carbocycles. The smallest absolute Gasteiger partial charge is 0.336 e. The van der Waals surface area contributed by atoms with Gasteiger partial charge in [0.15, 0.2) is 5.69 Å². The number of hydrogen-bond donors (Lipinski definition) is 2. The molecule has 1 aliphatic rings. The molecule has 0 unspecified atom stereocenters. The lowest BCUT2D eigenvalue weighted by molar-refractivity contribution is -0.142. The summed E-state index contributed by atoms with van der Waals surface area (Å²) in [5.41, 5.74) is -0.158. The Labute approximate surface area is 133 Å². The molecule has 2 N–H and O–H groups in total. The van der Waals surface area contributed by atoms with E-state index in [1.165, 1.54) is 4.68 Å². The number of rotatable bonds is 3. The minimum atomic E-state index is -4.43. The van der Waals surface area contributed by atoms with Gasteiger partial charge in [0.2, 0.25) is 0 Å². The summed E-state index contributed by atoms with van der Waals surface area (Å²) in [5, 5.41) is 9.14. The molecule has 1 aromatic rings. The number of amides is 2. The minimum Gasteiger partial charge on any atom is -0.336 e. The Morgan fingerprint density at radius 2 is 1.87 bits per heavy atom. The van der Waals surface area contributed by atoms with E-state index in [2.05, 4.69) is 15.7 Å². The molecule has 0 radical (unpaired) electrons. The predicted molar refractivity (Wildman–Crippen MR) is 80.2 cm³/mol. The quantitative estimate of drug-likeness (QED) is 0.894. The molecule has 0 atom stereocenters. The lowest BCUT2D eigenvalue weighted by Crippen LogP contribution is -2.47. The first kappa shape index (κ1) is 17.6. The lowest BCUT2D eigenvalue weighted by atomic mass is 9.95. The van der Waals surface area contributed by atoms with Gasteiger partial charge < -0.3 is 10.6 Å². The Hall–Kier alpha value is -1.73. The van der Waals surface area contributed by atoms with Gasteiger partial charge in [0.1, 0.15) is 0 Å². The molecule has 1 aromatic heterocycles. The average molecular weight is 332 g/mol. The highest BCUT2D eigenvalue weighted by Crippen LogP contribution is 2.35. The fraction of sp³-hybridized carbons (Fsp3) is 0.733. The molecule has 8 heteroatoms. The van der Waals surface area contributed by atoms with Gasteiger partial charge in [0, 0.05) is 23.3 Å². The van der Waals surface area contributed by atoms with E-state index in [0.29, 0.717) is 24.1 Å². The second kappa shape index (κ2) is 6.41. The molecule has 1 heterocycles. The van der Waals surface area contributed by atoms with Crippen molar-refractivity contribution >= 4 is 6.03 Å². The van der Waals surface area contributed by atoms with E-state index in [1.54, 1.807) is 0 Å². The van der Waals surface area contributed by atoms with Gasteiger partial charge in [-0.1, -0.05) is 0 Å². The van der Waals surface area contributed by atoms with Crippen LogP contribution >= 0.6 is 0 Å². The summed E-state index contributed by atoms with van der Waals surface area (Å²) in [6.45, 7) is 6.02. The molecule has 0 fully saturated rings. The van der Waals surface area contributed by atoms with Crippen molar-refractivity contribution in [1.82, 2.24) is 20.4 Å². The number of alkyl halides is 3. The Morgan fingerprint density at radius 3 is 2.48 bits per heavy atom. The number of carbonyl (C=O) groups excluding carboxylic acids is 1. The van der Waals surface area contributed by atoms with Gasteiger partial charge in [-0.2, -0.15) is 18.3 Å². The van der Waals surface area contributed by atoms with Crippen LogP contribution in [-0.4, -0.2) is 27.9 Å². The third kappa shape index (κ3) is 4.62. The zero-order valence-electron chi connectivity index (χ0n) is 13.7. The molecule has 0 aliphatic heterocycles. The molecular weight excluding hydrogens is 309 g/mol. The number of halogens is 3. The third-order valence-corrected chi connectivity index (χ3v) is 3.62. The molecule has 5 nitrogen and oxygen atoms in total. The molecule has 130 valence electrons. The van der Waals surface area contributed by atoms with Gasteiger partial charge in [-0.05, 0) is 46.5 Å². The second-order valence-electron chi connectivity index (χ2n) is 6.83. The Morgan fingerprint density at radius 1 is 1.22 bits per heavy atom. The maximum atomic E-state index is 13.1. The van der Waals surface area contributed by atoms with E-state index in [0.717, 1.165) is 12.8 Å². The molecular formula is C15H23F3N4O. The average Bonchev–Trinajstić information content (AvgIpc) is 2.76. The monoisotopic (exact) mass is 332 g/mol. The normalized spacial score (nSPS) is 15.2. The Balaban J connectivity index is 2.03. The summed E-state index contributed by atoms with van der Waals surface area (Å²) >= 11 is 0. The highest BCUT2D eigenvalue weighted by Gasteiger charge is 2.39. The van der Waals surface area contributed by atoms with Crippen LogP contribution < -0.4 is 10.6 Å². The largest absolute Gasteiger partial charge is 0.435 e. The van der Waals surface area contributed by atoms with Crippen LogP contribution in [0.1, 0.15) is 50.6 Å². The van der Waals surface area contributed by atoms with E-state index in [1.807, 2.05) is 20.8 Å². The van der Waals surface area contributed by atoms with Crippen LogP contribution in [0.15, 0.2) is 0 Å². The maximum Gasteiger partial charge on any atom is 0.435 e. The van der Waals surface area contributed by atoms with E-state index in [4.69, 9.17) is 0 Å². The first-order valence-corrected chi connectivity index (χ1v) is 7.80. The SMILES string of the molecule is CC(C)(C)NC(=O)NCCn1nc(C(F)(F)F)c2c1CCCC2. The second-order valence-corrected chi connectivity index (χ2v) is 6.83.